The molecule has 0 atom stereocenters. The van der Waals surface area contributed by atoms with Crippen LogP contribution in [0.3, 0.4) is 0 Å². The molecule has 0 unspecified atom stereocenters. The van der Waals surface area contributed by atoms with Crippen molar-refractivity contribution in [3.8, 4) is 0 Å². The van der Waals surface area contributed by atoms with E-state index in [0.29, 0.717) is 0 Å². The number of fused-ring (bicyclic) bond motifs is 1. The first-order valence-electron chi connectivity index (χ1n) is 7.72. The Morgan fingerprint density at radius 3 is 2.46 bits per heavy atom. The number of anilines is 3. The molecule has 0 aliphatic heterocycles. The molecule has 0 aliphatic rings. The van der Waals surface area contributed by atoms with Crippen molar-refractivity contribution in [3.63, 3.8) is 0 Å². The number of amides is 1. The third-order valence-electron chi connectivity index (χ3n) is 3.79. The number of aromatic nitrogens is 3. The van der Waals surface area contributed by atoms with Crippen molar-refractivity contribution < 1.29 is 4.79 Å². The van der Waals surface area contributed by atoms with Gasteiger partial charge in [0.1, 0.15) is 0 Å². The minimum absolute atomic E-state index is 0.00603. The van der Waals surface area contributed by atoms with Gasteiger partial charge in [-0.15, -0.1) is 5.10 Å². The first-order valence-corrected chi connectivity index (χ1v) is 8.54. The van der Waals surface area contributed by atoms with Crippen LogP contribution in [0.1, 0.15) is 33.4 Å². The Labute approximate surface area is 145 Å². The Kier molecular flexibility index (Phi) is 4.04. The van der Waals surface area contributed by atoms with E-state index in [4.69, 9.17) is 0 Å². The molecular weight excluding hydrogens is 322 g/mol. The van der Waals surface area contributed by atoms with Gasteiger partial charge in [0.25, 0.3) is 0 Å². The van der Waals surface area contributed by atoms with Crippen molar-refractivity contribution in [2.24, 2.45) is 0 Å². The smallest absolute Gasteiger partial charge is 0.223 e. The van der Waals surface area contributed by atoms with Crippen LogP contribution in [0.4, 0.5) is 16.5 Å². The van der Waals surface area contributed by atoms with Gasteiger partial charge in [-0.25, -0.2) is 9.50 Å². The summed E-state index contributed by atoms with van der Waals surface area (Å²) in [5.74, 6) is 0.00603. The van der Waals surface area contributed by atoms with Crippen LogP contribution in [0.2, 0.25) is 0 Å². The Morgan fingerprint density at radius 1 is 1.25 bits per heavy atom. The number of carbonyl (C=O) groups excluding carboxylic acids is 1. The zero-order chi connectivity index (χ0) is 17.5. The summed E-state index contributed by atoms with van der Waals surface area (Å²) in [6.45, 7) is 7.96. The zero-order valence-corrected chi connectivity index (χ0v) is 15.3. The maximum absolute atomic E-state index is 11.4. The van der Waals surface area contributed by atoms with E-state index in [1.165, 1.54) is 11.3 Å². The van der Waals surface area contributed by atoms with E-state index in [9.17, 15) is 4.79 Å². The van der Waals surface area contributed by atoms with E-state index < -0.39 is 0 Å². The quantitative estimate of drug-likeness (QED) is 0.785. The number of imidazole rings is 1. The molecule has 0 saturated carbocycles. The molecule has 126 valence electrons. The van der Waals surface area contributed by atoms with Crippen LogP contribution < -0.4 is 10.2 Å². The molecule has 0 fully saturated rings. The molecule has 0 bridgehead atoms. The lowest BCUT2D eigenvalue weighted by molar-refractivity contribution is -0.116. The van der Waals surface area contributed by atoms with Gasteiger partial charge in [-0.2, -0.15) is 0 Å². The lowest BCUT2D eigenvalue weighted by atomic mass is 9.93. The first-order chi connectivity index (χ1) is 11.2. The van der Waals surface area contributed by atoms with Gasteiger partial charge < -0.3 is 10.2 Å². The average molecular weight is 343 g/mol. The zero-order valence-electron chi connectivity index (χ0n) is 14.5. The standard InChI is InChI=1S/C17H21N5OS/c1-11(23)21(5)13-8-6-12(7-9-13)18-15-20-22-10-14(17(2,3)4)19-16(22)24-15/h6-10H,1-5H3,(H,18,20). The highest BCUT2D eigenvalue weighted by atomic mass is 32.1. The van der Waals surface area contributed by atoms with Gasteiger partial charge in [0.15, 0.2) is 0 Å². The van der Waals surface area contributed by atoms with E-state index in [2.05, 4.69) is 36.2 Å². The summed E-state index contributed by atoms with van der Waals surface area (Å²) in [4.78, 5) is 18.5. The Balaban J connectivity index is 1.77. The van der Waals surface area contributed by atoms with E-state index in [-0.39, 0.29) is 11.3 Å². The monoisotopic (exact) mass is 343 g/mol. The third kappa shape index (κ3) is 3.26. The number of benzene rings is 1. The predicted molar refractivity (Wildman–Crippen MR) is 98.4 cm³/mol. The van der Waals surface area contributed by atoms with Crippen LogP contribution in [-0.4, -0.2) is 27.6 Å². The molecule has 2 aromatic heterocycles. The summed E-state index contributed by atoms with van der Waals surface area (Å²) in [5, 5.41) is 8.58. The molecule has 1 N–H and O–H groups in total. The van der Waals surface area contributed by atoms with Gasteiger partial charge in [0.2, 0.25) is 16.0 Å². The minimum Gasteiger partial charge on any atom is -0.330 e. The van der Waals surface area contributed by atoms with Gasteiger partial charge in [-0.05, 0) is 24.3 Å². The second kappa shape index (κ2) is 5.90. The molecule has 1 amide bonds. The lowest BCUT2D eigenvalue weighted by Gasteiger charge is -2.15. The Morgan fingerprint density at radius 2 is 1.92 bits per heavy atom. The molecule has 6 nitrogen and oxygen atoms in total. The molecule has 1 aromatic carbocycles. The number of rotatable bonds is 3. The van der Waals surface area contributed by atoms with Crippen LogP contribution in [0, 0.1) is 0 Å². The molecule has 0 saturated heterocycles. The maximum Gasteiger partial charge on any atom is 0.223 e. The van der Waals surface area contributed by atoms with Gasteiger partial charge in [-0.3, -0.25) is 4.79 Å². The number of nitrogens with one attached hydrogen (secondary N) is 1. The summed E-state index contributed by atoms with van der Waals surface area (Å²) in [6, 6.07) is 7.67. The highest BCUT2D eigenvalue weighted by molar-refractivity contribution is 7.20. The Bertz CT molecular complexity index is 841. The number of nitrogens with zero attached hydrogens (tertiary/aromatic N) is 4. The van der Waals surface area contributed by atoms with E-state index in [1.54, 1.807) is 18.9 Å². The highest BCUT2D eigenvalue weighted by Crippen LogP contribution is 2.27. The minimum atomic E-state index is 0.00603. The molecule has 2 heterocycles. The third-order valence-corrected chi connectivity index (χ3v) is 4.63. The van der Waals surface area contributed by atoms with Crippen LogP contribution in [0.15, 0.2) is 30.5 Å². The molecule has 3 aromatic rings. The fraction of sp³-hybridized carbons (Fsp3) is 0.353. The maximum atomic E-state index is 11.4. The number of carbonyl (C=O) groups is 1. The fourth-order valence-electron chi connectivity index (χ4n) is 2.19. The summed E-state index contributed by atoms with van der Waals surface area (Å²) < 4.78 is 1.81. The predicted octanol–water partition coefficient (Wildman–Crippen LogP) is 3.81. The van der Waals surface area contributed by atoms with Crippen LogP contribution >= 0.6 is 11.3 Å². The fourth-order valence-corrected chi connectivity index (χ4v) is 2.99. The lowest BCUT2D eigenvalue weighted by Crippen LogP contribution is -2.22. The summed E-state index contributed by atoms with van der Waals surface area (Å²) >= 11 is 1.51. The molecule has 0 radical (unpaired) electrons. The van der Waals surface area contributed by atoms with Gasteiger partial charge in [-0.1, -0.05) is 32.1 Å². The summed E-state index contributed by atoms with van der Waals surface area (Å²) in [7, 11) is 1.76. The van der Waals surface area contributed by atoms with Crippen LogP contribution in [0.5, 0.6) is 0 Å². The topological polar surface area (TPSA) is 62.5 Å². The average Bonchev–Trinajstić information content (AvgIpc) is 3.05. The van der Waals surface area contributed by atoms with Crippen LogP contribution in [0.25, 0.3) is 4.96 Å². The molecule has 24 heavy (non-hydrogen) atoms. The van der Waals surface area contributed by atoms with E-state index >= 15 is 0 Å². The SMILES string of the molecule is CC(=O)N(C)c1ccc(Nc2nn3cc(C(C)(C)C)nc3s2)cc1. The van der Waals surface area contributed by atoms with Crippen molar-refractivity contribution >= 4 is 38.7 Å². The summed E-state index contributed by atoms with van der Waals surface area (Å²) in [5.41, 5.74) is 2.82. The van der Waals surface area contributed by atoms with Gasteiger partial charge >= 0.3 is 0 Å². The van der Waals surface area contributed by atoms with Crippen molar-refractivity contribution in [2.75, 3.05) is 17.3 Å². The van der Waals surface area contributed by atoms with Crippen molar-refractivity contribution in [2.45, 2.75) is 33.1 Å². The first kappa shape index (κ1) is 16.4. The van der Waals surface area contributed by atoms with E-state index in [0.717, 1.165) is 27.2 Å². The number of hydrogen-bond acceptors (Lipinski definition) is 5. The van der Waals surface area contributed by atoms with Crippen molar-refractivity contribution in [1.29, 1.82) is 0 Å². The Hall–Kier alpha value is -2.41. The van der Waals surface area contributed by atoms with E-state index in [1.807, 2.05) is 35.0 Å². The molecule has 0 spiro atoms. The molecular formula is C17H21N5OS. The molecule has 3 rings (SSSR count). The van der Waals surface area contributed by atoms with Crippen LogP contribution in [-0.2, 0) is 10.2 Å². The van der Waals surface area contributed by atoms with Crippen molar-refractivity contribution in [3.05, 3.63) is 36.2 Å². The normalized spacial score (nSPS) is 11.7. The van der Waals surface area contributed by atoms with Gasteiger partial charge in [0, 0.05) is 30.8 Å². The largest absolute Gasteiger partial charge is 0.330 e. The molecule has 7 heteroatoms. The second-order valence-electron chi connectivity index (χ2n) is 6.76. The molecule has 0 aliphatic carbocycles. The summed E-state index contributed by atoms with van der Waals surface area (Å²) in [6.07, 6.45) is 1.97. The second-order valence-corrected chi connectivity index (χ2v) is 7.72. The van der Waals surface area contributed by atoms with Gasteiger partial charge in [0.05, 0.1) is 11.9 Å². The van der Waals surface area contributed by atoms with Crippen molar-refractivity contribution in [1.82, 2.24) is 14.6 Å². The highest BCUT2D eigenvalue weighted by Gasteiger charge is 2.19. The number of hydrogen-bond donors (Lipinski definition) is 1.